The minimum Gasteiger partial charge on any atom is -0.366 e. The van der Waals surface area contributed by atoms with Gasteiger partial charge in [0.15, 0.2) is 0 Å². The number of fused-ring (bicyclic) bond motifs is 2. The van der Waals surface area contributed by atoms with Crippen LogP contribution in [0.4, 0.5) is 4.39 Å². The quantitative estimate of drug-likeness (QED) is 0.241. The van der Waals surface area contributed by atoms with Gasteiger partial charge in [-0.25, -0.2) is 4.39 Å². The largest absolute Gasteiger partial charge is 0.366 e. The molecular weight excluding hydrogens is 563 g/mol. The van der Waals surface area contributed by atoms with Gasteiger partial charge in [-0.15, -0.1) is 11.3 Å². The molecule has 2 aromatic heterocycles. The Balaban J connectivity index is 1.42. The lowest BCUT2D eigenvalue weighted by molar-refractivity contribution is 0.0931. The van der Waals surface area contributed by atoms with E-state index in [-0.39, 0.29) is 41.1 Å². The third kappa shape index (κ3) is 5.69. The van der Waals surface area contributed by atoms with Crippen molar-refractivity contribution in [3.05, 3.63) is 111 Å². The SMILES string of the molecule is CC(C)Cc1nc2c(c(-c3ccc(C(=O)N[C@@H]4CCc5ccccc54)s3)c1C(N)=O)C(=O)NCC2Cc1ccc(F)cc1. The zero-order valence-electron chi connectivity index (χ0n) is 24.1. The molecule has 7 nitrogen and oxygen atoms in total. The number of halogens is 1. The number of hydrogen-bond donors (Lipinski definition) is 3. The lowest BCUT2D eigenvalue weighted by atomic mass is 9.84. The van der Waals surface area contributed by atoms with Crippen LogP contribution in [0.15, 0.2) is 60.7 Å². The molecule has 1 unspecified atom stereocenters. The first-order valence-corrected chi connectivity index (χ1v) is 15.4. The van der Waals surface area contributed by atoms with Crippen molar-refractivity contribution in [1.29, 1.82) is 0 Å². The Kier molecular flexibility index (Phi) is 7.83. The lowest BCUT2D eigenvalue weighted by Crippen LogP contribution is -2.38. The zero-order chi connectivity index (χ0) is 30.2. The molecule has 3 heterocycles. The molecule has 2 aliphatic rings. The third-order valence-electron chi connectivity index (χ3n) is 8.18. The Bertz CT molecular complexity index is 1730. The van der Waals surface area contributed by atoms with Gasteiger partial charge in [0.1, 0.15) is 5.82 Å². The highest BCUT2D eigenvalue weighted by Gasteiger charge is 2.35. The van der Waals surface area contributed by atoms with E-state index in [0.29, 0.717) is 51.7 Å². The number of hydrogen-bond acceptors (Lipinski definition) is 5. The molecule has 0 saturated heterocycles. The number of nitrogens with zero attached hydrogens (tertiary/aromatic N) is 1. The summed E-state index contributed by atoms with van der Waals surface area (Å²) in [6.07, 6.45) is 2.76. The van der Waals surface area contributed by atoms with Crippen molar-refractivity contribution in [3.63, 3.8) is 0 Å². The summed E-state index contributed by atoms with van der Waals surface area (Å²) in [6, 6.07) is 17.9. The minimum atomic E-state index is -0.670. The normalized spacial score (nSPS) is 17.3. The van der Waals surface area contributed by atoms with Gasteiger partial charge in [0.05, 0.1) is 33.4 Å². The summed E-state index contributed by atoms with van der Waals surface area (Å²) >= 11 is 1.23. The number of benzene rings is 2. The molecule has 4 N–H and O–H groups in total. The number of carbonyl (C=O) groups is 3. The summed E-state index contributed by atoms with van der Waals surface area (Å²) < 4.78 is 13.6. The average Bonchev–Trinajstić information content (AvgIpc) is 3.63. The predicted octanol–water partition coefficient (Wildman–Crippen LogP) is 5.73. The number of primary amides is 1. The van der Waals surface area contributed by atoms with Gasteiger partial charge in [-0.2, -0.15) is 0 Å². The van der Waals surface area contributed by atoms with Gasteiger partial charge >= 0.3 is 0 Å². The van der Waals surface area contributed by atoms with Crippen LogP contribution in [-0.2, 0) is 19.3 Å². The fourth-order valence-corrected chi connectivity index (χ4v) is 7.20. The van der Waals surface area contributed by atoms with Crippen molar-refractivity contribution in [2.45, 2.75) is 51.5 Å². The number of aromatic nitrogens is 1. The summed E-state index contributed by atoms with van der Waals surface area (Å²) in [5.74, 6) is -1.56. The van der Waals surface area contributed by atoms with Crippen molar-refractivity contribution < 1.29 is 18.8 Å². The third-order valence-corrected chi connectivity index (χ3v) is 9.28. The van der Waals surface area contributed by atoms with E-state index in [1.54, 1.807) is 24.3 Å². The van der Waals surface area contributed by atoms with E-state index in [2.05, 4.69) is 16.7 Å². The first-order valence-electron chi connectivity index (χ1n) is 14.6. The lowest BCUT2D eigenvalue weighted by Gasteiger charge is -2.29. The van der Waals surface area contributed by atoms with Crippen molar-refractivity contribution in [3.8, 4) is 10.4 Å². The Morgan fingerprint density at radius 3 is 2.60 bits per heavy atom. The van der Waals surface area contributed by atoms with E-state index in [1.165, 1.54) is 29.0 Å². The van der Waals surface area contributed by atoms with E-state index in [0.717, 1.165) is 24.0 Å². The molecule has 220 valence electrons. The van der Waals surface area contributed by atoms with Crippen LogP contribution in [0.1, 0.15) is 90.7 Å². The average molecular weight is 597 g/mol. The van der Waals surface area contributed by atoms with E-state index in [1.807, 2.05) is 32.0 Å². The number of nitrogens with two attached hydrogens (primary N) is 1. The van der Waals surface area contributed by atoms with Gasteiger partial charge in [-0.1, -0.05) is 50.2 Å². The zero-order valence-corrected chi connectivity index (χ0v) is 24.9. The highest BCUT2D eigenvalue weighted by molar-refractivity contribution is 7.17. The van der Waals surface area contributed by atoms with Crippen molar-refractivity contribution in [2.75, 3.05) is 6.54 Å². The number of thiophene rings is 1. The van der Waals surface area contributed by atoms with Gasteiger partial charge in [0, 0.05) is 22.9 Å². The second-order valence-corrected chi connectivity index (χ2v) is 12.8. The fraction of sp³-hybridized carbons (Fsp3) is 0.294. The molecule has 0 spiro atoms. The topological polar surface area (TPSA) is 114 Å². The standard InChI is InChI=1S/C34H33FN4O3S/c1-18(2)15-25-28(32(36)40)29(30-31(38-25)21(17-37-34(30)42)16-19-7-10-22(35)11-8-19)26-13-14-27(43-26)33(41)39-24-12-9-20-5-3-4-6-23(20)24/h3-8,10-11,13-14,18,21,24H,9,12,15-17H2,1-2H3,(H2,36,40)(H,37,42)(H,39,41)/t21?,24-/m1/s1. The summed E-state index contributed by atoms with van der Waals surface area (Å²) in [5, 5.41) is 6.13. The van der Waals surface area contributed by atoms with Crippen molar-refractivity contribution in [1.82, 2.24) is 15.6 Å². The predicted molar refractivity (Wildman–Crippen MR) is 165 cm³/mol. The molecule has 0 radical (unpaired) electrons. The maximum atomic E-state index is 13.6. The first kappa shape index (κ1) is 28.7. The summed E-state index contributed by atoms with van der Waals surface area (Å²) in [7, 11) is 0. The molecular formula is C34H33FN4O3S. The van der Waals surface area contributed by atoms with Crippen LogP contribution in [0.2, 0.25) is 0 Å². The van der Waals surface area contributed by atoms with E-state index in [9.17, 15) is 18.8 Å². The van der Waals surface area contributed by atoms with Crippen LogP contribution in [0.3, 0.4) is 0 Å². The highest BCUT2D eigenvalue weighted by atomic mass is 32.1. The second-order valence-electron chi connectivity index (χ2n) is 11.7. The first-order chi connectivity index (χ1) is 20.7. The Hall–Kier alpha value is -4.37. The van der Waals surface area contributed by atoms with Crippen LogP contribution in [-0.4, -0.2) is 29.3 Å². The maximum Gasteiger partial charge on any atom is 0.261 e. The Morgan fingerprint density at radius 2 is 1.86 bits per heavy atom. The van der Waals surface area contributed by atoms with E-state index in [4.69, 9.17) is 10.7 Å². The minimum absolute atomic E-state index is 0.0697. The van der Waals surface area contributed by atoms with Crippen molar-refractivity contribution in [2.24, 2.45) is 11.7 Å². The molecule has 43 heavy (non-hydrogen) atoms. The fourth-order valence-electron chi connectivity index (χ4n) is 6.23. The van der Waals surface area contributed by atoms with Gasteiger partial charge in [0.2, 0.25) is 0 Å². The monoisotopic (exact) mass is 596 g/mol. The van der Waals surface area contributed by atoms with Crippen LogP contribution in [0.25, 0.3) is 10.4 Å². The van der Waals surface area contributed by atoms with Gasteiger partial charge in [-0.05, 0) is 72.6 Å². The number of rotatable bonds is 8. The number of aryl methyl sites for hydroxylation is 1. The molecule has 0 fully saturated rings. The summed E-state index contributed by atoms with van der Waals surface area (Å²) in [5.41, 5.74) is 11.3. The molecule has 2 aromatic carbocycles. The summed E-state index contributed by atoms with van der Waals surface area (Å²) in [6.45, 7) is 4.42. The number of nitrogens with one attached hydrogen (secondary N) is 2. The molecule has 2 atom stereocenters. The molecule has 0 bridgehead atoms. The van der Waals surface area contributed by atoms with Crippen LogP contribution < -0.4 is 16.4 Å². The second kappa shape index (κ2) is 11.7. The Labute approximate surface area is 253 Å². The van der Waals surface area contributed by atoms with Gasteiger partial charge < -0.3 is 16.4 Å². The smallest absolute Gasteiger partial charge is 0.261 e. The molecule has 0 saturated carbocycles. The number of pyridine rings is 1. The molecule has 3 amide bonds. The maximum absolute atomic E-state index is 13.6. The Morgan fingerprint density at radius 1 is 1.09 bits per heavy atom. The van der Waals surface area contributed by atoms with Crippen LogP contribution >= 0.6 is 11.3 Å². The van der Waals surface area contributed by atoms with E-state index < -0.39 is 5.91 Å². The summed E-state index contributed by atoms with van der Waals surface area (Å²) in [4.78, 5) is 45.9. The molecule has 1 aliphatic heterocycles. The molecule has 4 aromatic rings. The number of amides is 3. The molecule has 6 rings (SSSR count). The van der Waals surface area contributed by atoms with E-state index >= 15 is 0 Å². The highest BCUT2D eigenvalue weighted by Crippen LogP contribution is 2.41. The molecule has 9 heteroatoms. The van der Waals surface area contributed by atoms with Crippen molar-refractivity contribution >= 4 is 29.1 Å². The number of carbonyl (C=O) groups excluding carboxylic acids is 3. The van der Waals surface area contributed by atoms with Gasteiger partial charge in [-0.3, -0.25) is 19.4 Å². The van der Waals surface area contributed by atoms with Crippen LogP contribution in [0, 0.1) is 11.7 Å². The van der Waals surface area contributed by atoms with Gasteiger partial charge in [0.25, 0.3) is 17.7 Å². The molecule has 1 aliphatic carbocycles. The van der Waals surface area contributed by atoms with Crippen LogP contribution in [0.5, 0.6) is 0 Å².